The molecule has 0 saturated carbocycles. The van der Waals surface area contributed by atoms with Gasteiger partial charge in [0.05, 0.1) is 0 Å². The Hall–Kier alpha value is 2.82. The lowest BCUT2D eigenvalue weighted by atomic mass is 9.76. The van der Waals surface area contributed by atoms with Crippen LogP contribution in [0.1, 0.15) is 47.2 Å². The average Bonchev–Trinajstić information content (AvgIpc) is 2.54. The zero-order valence-corrected chi connectivity index (χ0v) is 27.7. The molecule has 136 valence electrons. The van der Waals surface area contributed by atoms with Crippen LogP contribution in [0.25, 0.3) is 0 Å². The molecule has 2 rings (SSSR count). The van der Waals surface area contributed by atoms with Gasteiger partial charge in [-0.05, 0) is 197 Å². The molecular weight excluding hydrogens is 990 g/mol. The number of hydrogen-bond acceptors (Lipinski definition) is 0. The quantitative estimate of drug-likeness (QED) is 0.264. The molecular formula is C19H18I6. The van der Waals surface area contributed by atoms with Crippen molar-refractivity contribution in [3.05, 3.63) is 54.8 Å². The number of halogens is 6. The van der Waals surface area contributed by atoms with Gasteiger partial charge in [0.15, 0.2) is 0 Å². The second-order valence-electron chi connectivity index (χ2n) is 6.76. The number of rotatable bonds is 2. The van der Waals surface area contributed by atoms with E-state index in [1.165, 1.54) is 54.8 Å². The summed E-state index contributed by atoms with van der Waals surface area (Å²) in [5, 5.41) is 0. The van der Waals surface area contributed by atoms with Crippen molar-refractivity contribution in [2.45, 2.75) is 47.0 Å². The first-order chi connectivity index (χ1) is 11.4. The summed E-state index contributed by atoms with van der Waals surface area (Å²) in [5.41, 5.74) is 8.54. The van der Waals surface area contributed by atoms with Crippen molar-refractivity contribution >= 4 is 136 Å². The van der Waals surface area contributed by atoms with Crippen molar-refractivity contribution in [1.82, 2.24) is 0 Å². The smallest absolute Gasteiger partial charge is 0.0221 e. The van der Waals surface area contributed by atoms with E-state index in [0.29, 0.717) is 0 Å². The standard InChI is InChI=1S/C19H18I6/c1-7-13(20)8(2)16(23)11(15(7)22)19(5,6)12-17(24)9(3)14(21)10(4)18(12)25/h1-6H3. The van der Waals surface area contributed by atoms with Crippen molar-refractivity contribution in [3.8, 4) is 0 Å². The van der Waals surface area contributed by atoms with Crippen molar-refractivity contribution < 1.29 is 0 Å². The van der Waals surface area contributed by atoms with E-state index in [0.717, 1.165) is 0 Å². The summed E-state index contributed by atoms with van der Waals surface area (Å²) in [7, 11) is 0. The Kier molecular flexibility index (Phi) is 8.58. The molecule has 0 radical (unpaired) electrons. The zero-order valence-electron chi connectivity index (χ0n) is 14.8. The molecule has 2 aromatic rings. The molecule has 0 unspecified atom stereocenters. The minimum atomic E-state index is -0.0419. The minimum Gasteiger partial charge on any atom is -0.0515 e. The van der Waals surface area contributed by atoms with Crippen LogP contribution < -0.4 is 0 Å². The summed E-state index contributed by atoms with van der Waals surface area (Å²) in [6, 6.07) is 0. The summed E-state index contributed by atoms with van der Waals surface area (Å²) in [5.74, 6) is 0. The third-order valence-electron chi connectivity index (χ3n) is 4.76. The molecule has 0 heterocycles. The third kappa shape index (κ3) is 4.19. The van der Waals surface area contributed by atoms with Crippen LogP contribution in [0.3, 0.4) is 0 Å². The monoisotopic (exact) mass is 1010 g/mol. The van der Waals surface area contributed by atoms with Crippen molar-refractivity contribution in [2.24, 2.45) is 0 Å². The Morgan fingerprint density at radius 3 is 0.840 bits per heavy atom. The fourth-order valence-corrected chi connectivity index (χ4v) is 12.1. The Labute approximate surface area is 233 Å². The summed E-state index contributed by atoms with van der Waals surface area (Å²) in [6.07, 6.45) is 0. The lowest BCUT2D eigenvalue weighted by Crippen LogP contribution is -2.27. The molecule has 0 spiro atoms. The normalized spacial score (nSPS) is 12.0. The lowest BCUT2D eigenvalue weighted by Gasteiger charge is -2.34. The van der Waals surface area contributed by atoms with Gasteiger partial charge in [0.25, 0.3) is 0 Å². The molecule has 0 amide bonds. The molecule has 0 aliphatic rings. The van der Waals surface area contributed by atoms with E-state index in [4.69, 9.17) is 0 Å². The van der Waals surface area contributed by atoms with Crippen LogP contribution in [-0.2, 0) is 5.41 Å². The molecule has 0 atom stereocenters. The SMILES string of the molecule is Cc1c(I)c(C)c(I)c(C(C)(C)c2c(I)c(C)c(I)c(C)c2I)c1I. The Morgan fingerprint density at radius 2 is 0.640 bits per heavy atom. The van der Waals surface area contributed by atoms with Gasteiger partial charge < -0.3 is 0 Å². The van der Waals surface area contributed by atoms with Crippen LogP contribution in [0.5, 0.6) is 0 Å². The molecule has 6 heteroatoms. The van der Waals surface area contributed by atoms with Gasteiger partial charge in [-0.2, -0.15) is 0 Å². The van der Waals surface area contributed by atoms with Crippen LogP contribution >= 0.6 is 136 Å². The first-order valence-electron chi connectivity index (χ1n) is 7.63. The maximum atomic E-state index is 2.56. The van der Waals surface area contributed by atoms with Gasteiger partial charge in [-0.25, -0.2) is 0 Å². The predicted molar refractivity (Wildman–Crippen MR) is 160 cm³/mol. The highest BCUT2D eigenvalue weighted by Crippen LogP contribution is 2.46. The van der Waals surface area contributed by atoms with Gasteiger partial charge in [0.2, 0.25) is 0 Å². The molecule has 0 fully saturated rings. The lowest BCUT2D eigenvalue weighted by molar-refractivity contribution is 0.621. The molecule has 2 aromatic carbocycles. The molecule has 0 nitrogen and oxygen atoms in total. The molecule has 0 aromatic heterocycles. The van der Waals surface area contributed by atoms with E-state index in [1.807, 2.05) is 0 Å². The highest BCUT2D eigenvalue weighted by atomic mass is 127. The number of benzene rings is 2. The summed E-state index contributed by atoms with van der Waals surface area (Å²) < 4.78 is 8.41. The predicted octanol–water partition coefficient (Wildman–Crippen LogP) is 8.87. The van der Waals surface area contributed by atoms with Gasteiger partial charge in [-0.3, -0.25) is 0 Å². The molecule has 0 bridgehead atoms. The van der Waals surface area contributed by atoms with Crippen LogP contribution in [-0.4, -0.2) is 0 Å². The maximum Gasteiger partial charge on any atom is 0.0221 e. The number of hydrogen-bond donors (Lipinski definition) is 0. The topological polar surface area (TPSA) is 0 Å². The van der Waals surface area contributed by atoms with Crippen molar-refractivity contribution in [3.63, 3.8) is 0 Å². The van der Waals surface area contributed by atoms with Crippen LogP contribution in [0.2, 0.25) is 0 Å². The maximum absolute atomic E-state index is 2.56. The van der Waals surface area contributed by atoms with E-state index in [1.54, 1.807) is 0 Å². The Morgan fingerprint density at radius 1 is 0.440 bits per heavy atom. The van der Waals surface area contributed by atoms with E-state index in [2.05, 4.69) is 177 Å². The molecule has 25 heavy (non-hydrogen) atoms. The van der Waals surface area contributed by atoms with Crippen LogP contribution in [0, 0.1) is 49.1 Å². The highest BCUT2D eigenvalue weighted by Gasteiger charge is 2.35. The van der Waals surface area contributed by atoms with E-state index < -0.39 is 0 Å². The van der Waals surface area contributed by atoms with Gasteiger partial charge in [0.1, 0.15) is 0 Å². The Bertz CT molecular complexity index is 751. The minimum absolute atomic E-state index is 0.0419. The van der Waals surface area contributed by atoms with E-state index in [9.17, 15) is 0 Å². The second kappa shape index (κ2) is 8.90. The third-order valence-corrected chi connectivity index (χ3v) is 13.4. The van der Waals surface area contributed by atoms with Gasteiger partial charge in [-0.1, -0.05) is 13.8 Å². The fourth-order valence-electron chi connectivity index (χ4n) is 3.11. The highest BCUT2D eigenvalue weighted by molar-refractivity contribution is 14.1. The van der Waals surface area contributed by atoms with Crippen molar-refractivity contribution in [2.75, 3.05) is 0 Å². The Balaban J connectivity index is 2.96. The molecule has 0 saturated heterocycles. The second-order valence-corrected chi connectivity index (χ2v) is 13.2. The van der Waals surface area contributed by atoms with Gasteiger partial charge in [-0.15, -0.1) is 0 Å². The molecule has 0 N–H and O–H groups in total. The van der Waals surface area contributed by atoms with Crippen molar-refractivity contribution in [1.29, 1.82) is 0 Å². The summed E-state index contributed by atoms with van der Waals surface area (Å²) in [4.78, 5) is 0. The molecule has 0 aliphatic heterocycles. The first kappa shape index (κ1) is 24.1. The average molecular weight is 1010 g/mol. The van der Waals surface area contributed by atoms with E-state index >= 15 is 0 Å². The van der Waals surface area contributed by atoms with E-state index in [-0.39, 0.29) is 5.41 Å². The van der Waals surface area contributed by atoms with Crippen LogP contribution in [0.15, 0.2) is 0 Å². The summed E-state index contributed by atoms with van der Waals surface area (Å²) >= 11 is 15.2. The molecule has 0 aliphatic carbocycles. The van der Waals surface area contributed by atoms with Crippen LogP contribution in [0.4, 0.5) is 0 Å². The zero-order chi connectivity index (χ0) is 19.4. The largest absolute Gasteiger partial charge is 0.0515 e. The van der Waals surface area contributed by atoms with Gasteiger partial charge in [0, 0.05) is 26.8 Å². The van der Waals surface area contributed by atoms with Gasteiger partial charge >= 0.3 is 0 Å². The first-order valence-corrected chi connectivity index (χ1v) is 14.1. The summed E-state index contributed by atoms with van der Waals surface area (Å²) in [6.45, 7) is 13.8. The fraction of sp³-hybridized carbons (Fsp3) is 0.368.